The van der Waals surface area contributed by atoms with Crippen LogP contribution in [-0.4, -0.2) is 23.8 Å². The molecule has 0 unspecified atom stereocenters. The Morgan fingerprint density at radius 1 is 0.654 bits per heavy atom. The van der Waals surface area contributed by atoms with E-state index < -0.39 is 17.1 Å². The zero-order chi connectivity index (χ0) is 35.6. The van der Waals surface area contributed by atoms with Crippen LogP contribution in [0, 0.1) is 0 Å². The number of hydrogen-bond donors (Lipinski definition) is 1. The average Bonchev–Trinajstić information content (AvgIpc) is 3.69. The third kappa shape index (κ3) is 6.74. The van der Waals surface area contributed by atoms with Crippen LogP contribution in [0.15, 0.2) is 186 Å². The molecular formula is C45H37N3O3S. The molecule has 0 saturated heterocycles. The second-order valence-corrected chi connectivity index (χ2v) is 12.9. The molecule has 0 fully saturated rings. The summed E-state index contributed by atoms with van der Waals surface area (Å²) in [7, 11) is 0. The molecule has 6 nitrogen and oxygen atoms in total. The number of benzene rings is 6. The molecule has 1 N–H and O–H groups in total. The van der Waals surface area contributed by atoms with Gasteiger partial charge in [-0.05, 0) is 23.6 Å². The monoisotopic (exact) mass is 699 g/mol. The number of carbonyl (C=O) groups is 1. The van der Waals surface area contributed by atoms with Crippen LogP contribution < -0.4 is 5.32 Å². The van der Waals surface area contributed by atoms with Crippen molar-refractivity contribution in [3.05, 3.63) is 215 Å². The number of ether oxygens (including phenoxy) is 1. The van der Waals surface area contributed by atoms with E-state index in [0.717, 1.165) is 56.0 Å². The van der Waals surface area contributed by atoms with Crippen molar-refractivity contribution in [3.8, 4) is 11.3 Å². The first-order valence-corrected chi connectivity index (χ1v) is 18.0. The molecule has 0 spiro atoms. The summed E-state index contributed by atoms with van der Waals surface area (Å²) in [4.78, 5) is 24.2. The number of carbonyl (C=O) groups excluding carboxylic acids is 1. The fourth-order valence-electron chi connectivity index (χ4n) is 6.72. The second kappa shape index (κ2) is 15.7. The van der Waals surface area contributed by atoms with Crippen LogP contribution in [0.3, 0.4) is 0 Å². The maximum atomic E-state index is 12.4. The van der Waals surface area contributed by atoms with Gasteiger partial charge in [0.15, 0.2) is 11.3 Å². The fraction of sp³-hybridized carbons (Fsp3) is 0.0889. The van der Waals surface area contributed by atoms with Gasteiger partial charge in [0.05, 0.1) is 12.3 Å². The zero-order valence-corrected chi connectivity index (χ0v) is 29.4. The second-order valence-electron chi connectivity index (χ2n) is 12.0. The first-order valence-electron chi connectivity index (χ1n) is 17.1. The van der Waals surface area contributed by atoms with Crippen molar-refractivity contribution in [1.82, 2.24) is 4.98 Å². The lowest BCUT2D eigenvalue weighted by atomic mass is 9.77. The highest BCUT2D eigenvalue weighted by molar-refractivity contribution is 7.14. The van der Waals surface area contributed by atoms with Crippen LogP contribution in [0.4, 0.5) is 5.13 Å². The first kappa shape index (κ1) is 34.2. The minimum absolute atomic E-state index is 0.233. The van der Waals surface area contributed by atoms with Gasteiger partial charge in [0.1, 0.15) is 5.54 Å². The Morgan fingerprint density at radius 3 is 1.58 bits per heavy atom. The van der Waals surface area contributed by atoms with Gasteiger partial charge >= 0.3 is 5.97 Å². The summed E-state index contributed by atoms with van der Waals surface area (Å²) in [5, 5.41) is 11.0. The Bertz CT molecular complexity index is 2090. The van der Waals surface area contributed by atoms with Crippen molar-refractivity contribution in [2.75, 3.05) is 11.9 Å². The molecule has 7 rings (SSSR count). The first-order chi connectivity index (χ1) is 25.6. The van der Waals surface area contributed by atoms with Crippen molar-refractivity contribution in [2.24, 2.45) is 5.16 Å². The summed E-state index contributed by atoms with van der Waals surface area (Å²) >= 11 is 1.54. The number of aromatic nitrogens is 1. The van der Waals surface area contributed by atoms with Gasteiger partial charge in [-0.2, -0.15) is 0 Å². The van der Waals surface area contributed by atoms with E-state index in [9.17, 15) is 4.79 Å². The summed E-state index contributed by atoms with van der Waals surface area (Å²) in [5.74, 6) is -0.584. The van der Waals surface area contributed by atoms with Gasteiger partial charge in [-0.15, -0.1) is 11.3 Å². The van der Waals surface area contributed by atoms with E-state index in [-0.39, 0.29) is 6.61 Å². The summed E-state index contributed by atoms with van der Waals surface area (Å²) in [6.45, 7) is 1.98. The average molecular weight is 700 g/mol. The molecule has 0 amide bonds. The molecule has 0 radical (unpaired) electrons. The number of rotatable bonds is 13. The lowest BCUT2D eigenvalue weighted by Crippen LogP contribution is -2.38. The number of nitrogens with zero attached hydrogens (tertiary/aromatic N) is 2. The number of thiazole rings is 1. The lowest BCUT2D eigenvalue weighted by molar-refractivity contribution is -0.134. The number of nitrogens with one attached hydrogen (secondary N) is 1. The molecule has 256 valence electrons. The van der Waals surface area contributed by atoms with E-state index in [0.29, 0.717) is 0 Å². The maximum absolute atomic E-state index is 12.4. The van der Waals surface area contributed by atoms with E-state index in [1.54, 1.807) is 6.92 Å². The van der Waals surface area contributed by atoms with Crippen molar-refractivity contribution in [1.29, 1.82) is 0 Å². The Labute approximate surface area is 308 Å². The number of esters is 1. The third-order valence-corrected chi connectivity index (χ3v) is 9.75. The molecule has 7 aromatic rings. The van der Waals surface area contributed by atoms with Gasteiger partial charge in [-0.25, -0.2) is 9.78 Å². The molecule has 0 aliphatic heterocycles. The highest BCUT2D eigenvalue weighted by Gasteiger charge is 2.42. The van der Waals surface area contributed by atoms with Gasteiger partial charge in [-0.1, -0.05) is 181 Å². The molecule has 1 aromatic heterocycles. The van der Waals surface area contributed by atoms with Crippen LogP contribution in [-0.2, 0) is 25.5 Å². The van der Waals surface area contributed by atoms with Crippen molar-refractivity contribution in [3.63, 3.8) is 0 Å². The van der Waals surface area contributed by atoms with Gasteiger partial charge < -0.3 is 14.9 Å². The lowest BCUT2D eigenvalue weighted by Gasteiger charge is -2.36. The van der Waals surface area contributed by atoms with Crippen LogP contribution >= 0.6 is 11.3 Å². The standard InChI is InChI=1S/C45H37N3O3S/c1-2-50-42(49)32-46-51-45(37-26-14-6-15-27-37,38-28-16-7-17-29-38)40-31-19-18-30-39(40)41-33-52-43(47-41)48-44(34-20-8-3-9-21-34,35-22-10-4-11-23-35)36-24-12-5-13-25-36/h3-33H,2H2,1H3,(H,47,48)/b46-32+. The van der Waals surface area contributed by atoms with E-state index in [2.05, 4.69) is 88.6 Å². The molecule has 0 atom stereocenters. The molecule has 7 heteroatoms. The minimum Gasteiger partial charge on any atom is -0.462 e. The predicted molar refractivity (Wildman–Crippen MR) is 209 cm³/mol. The summed E-state index contributed by atoms with van der Waals surface area (Å²) < 4.78 is 5.12. The Morgan fingerprint density at radius 2 is 1.10 bits per heavy atom. The number of hydrogen-bond acceptors (Lipinski definition) is 7. The summed E-state index contributed by atoms with van der Waals surface area (Å²) in [6.07, 6.45) is 1.08. The molecule has 1 heterocycles. The van der Waals surface area contributed by atoms with Crippen LogP contribution in [0.5, 0.6) is 0 Å². The van der Waals surface area contributed by atoms with Gasteiger partial charge in [0, 0.05) is 27.6 Å². The predicted octanol–water partition coefficient (Wildman–Crippen LogP) is 10.1. The molecule has 6 aromatic carbocycles. The van der Waals surface area contributed by atoms with Crippen molar-refractivity contribution < 1.29 is 14.4 Å². The van der Waals surface area contributed by atoms with Crippen LogP contribution in [0.2, 0.25) is 0 Å². The fourth-order valence-corrected chi connectivity index (χ4v) is 7.48. The largest absolute Gasteiger partial charge is 0.462 e. The van der Waals surface area contributed by atoms with Crippen LogP contribution in [0.1, 0.15) is 40.3 Å². The Balaban J connectivity index is 1.39. The smallest absolute Gasteiger partial charge is 0.352 e. The number of anilines is 1. The highest BCUT2D eigenvalue weighted by atomic mass is 32.1. The minimum atomic E-state index is -1.25. The molecule has 0 aliphatic carbocycles. The van der Waals surface area contributed by atoms with Gasteiger partial charge in [0.2, 0.25) is 5.60 Å². The Kier molecular flexibility index (Phi) is 10.3. The molecule has 0 aliphatic rings. The van der Waals surface area contributed by atoms with Gasteiger partial charge in [0.25, 0.3) is 0 Å². The zero-order valence-electron chi connectivity index (χ0n) is 28.6. The SMILES string of the molecule is CCOC(=O)/C=N/OC(c1ccccc1)(c1ccccc1)c1ccccc1-c1csc(NC(c2ccccc2)(c2ccccc2)c2ccccc2)n1. The quantitative estimate of drug-likeness (QED) is 0.0562. The highest BCUT2D eigenvalue weighted by Crippen LogP contribution is 2.46. The Hall–Kier alpha value is -6.31. The van der Waals surface area contributed by atoms with Crippen molar-refractivity contribution in [2.45, 2.75) is 18.1 Å². The number of oxime groups is 1. The van der Waals surface area contributed by atoms with E-state index >= 15 is 0 Å². The van der Waals surface area contributed by atoms with E-state index in [1.807, 2.05) is 103 Å². The topological polar surface area (TPSA) is 72.8 Å². The van der Waals surface area contributed by atoms with E-state index in [1.165, 1.54) is 11.3 Å². The van der Waals surface area contributed by atoms with Crippen molar-refractivity contribution >= 4 is 28.7 Å². The summed E-state index contributed by atoms with van der Waals surface area (Å²) in [5.41, 5.74) is 5.38. The molecule has 52 heavy (non-hydrogen) atoms. The maximum Gasteiger partial charge on any atom is 0.352 e. The molecule has 0 bridgehead atoms. The molecule has 0 saturated carbocycles. The summed E-state index contributed by atoms with van der Waals surface area (Å²) in [6, 6.07) is 59.3. The van der Waals surface area contributed by atoms with E-state index in [4.69, 9.17) is 14.6 Å². The third-order valence-electron chi connectivity index (χ3n) is 9.00. The van der Waals surface area contributed by atoms with Crippen LogP contribution in [0.25, 0.3) is 11.3 Å². The van der Waals surface area contributed by atoms with Gasteiger partial charge in [-0.3, -0.25) is 0 Å². The molecular weight excluding hydrogens is 663 g/mol. The normalized spacial score (nSPS) is 11.6.